The van der Waals surface area contributed by atoms with Gasteiger partial charge in [0.05, 0.1) is 23.7 Å². The summed E-state index contributed by atoms with van der Waals surface area (Å²) in [6.45, 7) is 5.67. The van der Waals surface area contributed by atoms with Crippen LogP contribution in [0.2, 0.25) is 0 Å². The Morgan fingerprint density at radius 1 is 1.00 bits per heavy atom. The molecule has 0 aliphatic heterocycles. The van der Waals surface area contributed by atoms with E-state index in [9.17, 15) is 13.2 Å². The molecule has 0 aliphatic rings. The van der Waals surface area contributed by atoms with Gasteiger partial charge in [-0.15, -0.1) is 0 Å². The molecule has 7 heteroatoms. The Labute approximate surface area is 196 Å². The molecule has 3 aromatic rings. The van der Waals surface area contributed by atoms with Gasteiger partial charge in [-0.1, -0.05) is 55.0 Å². The van der Waals surface area contributed by atoms with Crippen LogP contribution in [0.5, 0.6) is 5.75 Å². The lowest BCUT2D eigenvalue weighted by atomic mass is 9.97. The minimum atomic E-state index is -3.98. The van der Waals surface area contributed by atoms with Gasteiger partial charge in [0.15, 0.2) is 0 Å². The fourth-order valence-electron chi connectivity index (χ4n) is 3.79. The number of benzene rings is 3. The molecule has 0 saturated carbocycles. The molecule has 0 radical (unpaired) electrons. The van der Waals surface area contributed by atoms with Crippen LogP contribution in [-0.4, -0.2) is 28.0 Å². The van der Waals surface area contributed by atoms with Gasteiger partial charge in [0.1, 0.15) is 12.3 Å². The predicted octanol–water partition coefficient (Wildman–Crippen LogP) is 4.77. The van der Waals surface area contributed by atoms with E-state index in [-0.39, 0.29) is 23.4 Å². The summed E-state index contributed by atoms with van der Waals surface area (Å²) in [5, 5.41) is 3.02. The largest absolute Gasteiger partial charge is 0.497 e. The van der Waals surface area contributed by atoms with E-state index in [1.165, 1.54) is 19.2 Å². The number of nitrogens with zero attached hydrogens (tertiary/aromatic N) is 1. The Kier molecular flexibility index (Phi) is 7.76. The summed E-state index contributed by atoms with van der Waals surface area (Å²) < 4.78 is 33.4. The third-order valence-electron chi connectivity index (χ3n) is 5.50. The number of hydrogen-bond donors (Lipinski definition) is 1. The van der Waals surface area contributed by atoms with Crippen LogP contribution in [0.1, 0.15) is 36.1 Å². The summed E-state index contributed by atoms with van der Waals surface area (Å²) in [5.74, 6) is 0.118. The molecule has 33 heavy (non-hydrogen) atoms. The van der Waals surface area contributed by atoms with E-state index in [0.29, 0.717) is 17.9 Å². The molecule has 3 aromatic carbocycles. The van der Waals surface area contributed by atoms with Gasteiger partial charge in [-0.25, -0.2) is 8.42 Å². The van der Waals surface area contributed by atoms with Gasteiger partial charge in [0.2, 0.25) is 5.91 Å². The van der Waals surface area contributed by atoms with Crippen LogP contribution >= 0.6 is 0 Å². The maximum Gasteiger partial charge on any atom is 0.264 e. The van der Waals surface area contributed by atoms with E-state index < -0.39 is 10.0 Å². The molecule has 0 fully saturated rings. The van der Waals surface area contributed by atoms with Crippen LogP contribution in [0.15, 0.2) is 77.7 Å². The fraction of sp³-hybridized carbons (Fsp3) is 0.269. The van der Waals surface area contributed by atoms with Gasteiger partial charge < -0.3 is 10.1 Å². The van der Waals surface area contributed by atoms with Gasteiger partial charge in [-0.2, -0.15) is 0 Å². The molecule has 1 N–H and O–H groups in total. The highest BCUT2D eigenvalue weighted by Gasteiger charge is 2.28. The lowest BCUT2D eigenvalue weighted by Crippen LogP contribution is -2.42. The Morgan fingerprint density at radius 3 is 2.36 bits per heavy atom. The minimum Gasteiger partial charge on any atom is -0.497 e. The molecule has 0 bridgehead atoms. The molecule has 1 atom stereocenters. The van der Waals surface area contributed by atoms with Gasteiger partial charge in [-0.3, -0.25) is 9.10 Å². The van der Waals surface area contributed by atoms with Crippen LogP contribution in [0, 0.1) is 13.8 Å². The van der Waals surface area contributed by atoms with Crippen LogP contribution in [0.25, 0.3) is 0 Å². The van der Waals surface area contributed by atoms with E-state index >= 15 is 0 Å². The monoisotopic (exact) mass is 466 g/mol. The van der Waals surface area contributed by atoms with E-state index in [1.54, 1.807) is 42.5 Å². The number of sulfonamides is 1. The Balaban J connectivity index is 1.93. The summed E-state index contributed by atoms with van der Waals surface area (Å²) in [5.41, 5.74) is 3.61. The summed E-state index contributed by atoms with van der Waals surface area (Å²) in [6.07, 6.45) is 0.681. The van der Waals surface area contributed by atoms with Crippen molar-refractivity contribution in [2.75, 3.05) is 18.0 Å². The molecule has 0 aliphatic carbocycles. The summed E-state index contributed by atoms with van der Waals surface area (Å²) in [4.78, 5) is 13.2. The second-order valence-electron chi connectivity index (χ2n) is 7.91. The van der Waals surface area contributed by atoms with Crippen molar-refractivity contribution in [1.82, 2.24) is 5.32 Å². The number of anilines is 1. The maximum atomic E-state index is 13.5. The molecule has 3 rings (SSSR count). The highest BCUT2D eigenvalue weighted by atomic mass is 32.2. The third kappa shape index (κ3) is 5.73. The smallest absolute Gasteiger partial charge is 0.264 e. The normalized spacial score (nSPS) is 12.1. The van der Waals surface area contributed by atoms with Crippen LogP contribution < -0.4 is 14.4 Å². The van der Waals surface area contributed by atoms with Gasteiger partial charge in [0, 0.05) is 6.07 Å². The highest BCUT2D eigenvalue weighted by Crippen LogP contribution is 2.27. The number of ether oxygens (including phenoxy) is 1. The zero-order valence-corrected chi connectivity index (χ0v) is 20.2. The lowest BCUT2D eigenvalue weighted by Gasteiger charge is -2.26. The van der Waals surface area contributed by atoms with Crippen molar-refractivity contribution >= 4 is 21.6 Å². The summed E-state index contributed by atoms with van der Waals surface area (Å²) in [7, 11) is -2.47. The molecule has 0 heterocycles. The zero-order valence-electron chi connectivity index (χ0n) is 19.4. The van der Waals surface area contributed by atoms with E-state index in [0.717, 1.165) is 21.0 Å². The quantitative estimate of drug-likeness (QED) is 0.493. The molecule has 6 nitrogen and oxygen atoms in total. The van der Waals surface area contributed by atoms with Crippen molar-refractivity contribution in [2.45, 2.75) is 38.1 Å². The van der Waals surface area contributed by atoms with E-state index in [1.807, 2.05) is 32.9 Å². The molecule has 0 aromatic heterocycles. The molecule has 1 unspecified atom stereocenters. The van der Waals surface area contributed by atoms with E-state index in [4.69, 9.17) is 4.74 Å². The first-order chi connectivity index (χ1) is 15.8. The summed E-state index contributed by atoms with van der Waals surface area (Å²) in [6, 6.07) is 20.7. The molecule has 0 spiro atoms. The van der Waals surface area contributed by atoms with Crippen molar-refractivity contribution in [3.8, 4) is 5.75 Å². The Morgan fingerprint density at radius 2 is 1.73 bits per heavy atom. The fourth-order valence-corrected chi connectivity index (χ4v) is 5.22. The van der Waals surface area contributed by atoms with Gasteiger partial charge in [-0.05, 0) is 55.7 Å². The van der Waals surface area contributed by atoms with Crippen LogP contribution in [-0.2, 0) is 14.8 Å². The first-order valence-electron chi connectivity index (χ1n) is 10.8. The first kappa shape index (κ1) is 24.3. The number of rotatable bonds is 9. The number of hydrogen-bond acceptors (Lipinski definition) is 4. The molecular weight excluding hydrogens is 436 g/mol. The second-order valence-corrected chi connectivity index (χ2v) is 9.78. The third-order valence-corrected chi connectivity index (χ3v) is 7.29. The number of nitrogens with one attached hydrogen (secondary N) is 1. The minimum absolute atomic E-state index is 0.113. The SMILES string of the molecule is CCC(NC(=O)CN(c1cccc(OC)c1)S(=O)(=O)c1ccccc1)c1ccc(C)cc1C. The number of carbonyl (C=O) groups excluding carboxylic acids is 1. The van der Waals surface area contributed by atoms with E-state index in [2.05, 4.69) is 11.4 Å². The van der Waals surface area contributed by atoms with Crippen molar-refractivity contribution in [1.29, 1.82) is 0 Å². The Bertz CT molecular complexity index is 1210. The van der Waals surface area contributed by atoms with Crippen molar-refractivity contribution in [2.24, 2.45) is 0 Å². The van der Waals surface area contributed by atoms with Gasteiger partial charge >= 0.3 is 0 Å². The predicted molar refractivity (Wildman–Crippen MR) is 131 cm³/mol. The maximum absolute atomic E-state index is 13.5. The molecular formula is C26H30N2O4S. The standard InChI is InChI=1S/C26H30N2O4S/c1-5-25(24-15-14-19(2)16-20(24)3)27-26(29)18-28(21-10-9-11-22(17-21)32-4)33(30,31)23-12-7-6-8-13-23/h6-17,25H,5,18H2,1-4H3,(H,27,29). The first-order valence-corrected chi connectivity index (χ1v) is 12.3. The summed E-state index contributed by atoms with van der Waals surface area (Å²) >= 11 is 0. The zero-order chi connectivity index (χ0) is 24.0. The van der Waals surface area contributed by atoms with Gasteiger partial charge in [0.25, 0.3) is 10.0 Å². The van der Waals surface area contributed by atoms with Crippen LogP contribution in [0.4, 0.5) is 5.69 Å². The number of methoxy groups -OCH3 is 1. The molecule has 0 saturated heterocycles. The van der Waals surface area contributed by atoms with Crippen LogP contribution in [0.3, 0.4) is 0 Å². The average molecular weight is 467 g/mol. The van der Waals surface area contributed by atoms with Crippen molar-refractivity contribution in [3.63, 3.8) is 0 Å². The average Bonchev–Trinajstić information content (AvgIpc) is 2.82. The highest BCUT2D eigenvalue weighted by molar-refractivity contribution is 7.92. The number of amides is 1. The molecule has 174 valence electrons. The number of carbonyl (C=O) groups is 1. The van der Waals surface area contributed by atoms with Crippen molar-refractivity contribution < 1.29 is 17.9 Å². The Hall–Kier alpha value is -3.32. The number of aryl methyl sites for hydroxylation is 2. The van der Waals surface area contributed by atoms with Crippen molar-refractivity contribution in [3.05, 3.63) is 89.5 Å². The topological polar surface area (TPSA) is 75.7 Å². The second kappa shape index (κ2) is 10.5. The molecule has 1 amide bonds. The lowest BCUT2D eigenvalue weighted by molar-refractivity contribution is -0.120.